The maximum absolute atomic E-state index is 2.45. The molecule has 1 nitrogen and oxygen atoms in total. The lowest BCUT2D eigenvalue weighted by molar-refractivity contribution is 0.299. The molecule has 0 aliphatic heterocycles. The zero-order chi connectivity index (χ0) is 9.40. The van der Waals surface area contributed by atoms with Crippen LogP contribution in [0, 0.1) is 5.92 Å². The molecule has 0 saturated carbocycles. The molecular weight excluding hydrogens is 146 g/mol. The summed E-state index contributed by atoms with van der Waals surface area (Å²) in [6, 6.07) is 0. The van der Waals surface area contributed by atoms with Crippen LogP contribution in [0.2, 0.25) is 0 Å². The Morgan fingerprint density at radius 1 is 1.17 bits per heavy atom. The summed E-state index contributed by atoms with van der Waals surface area (Å²) in [5, 5.41) is 0. The van der Waals surface area contributed by atoms with Gasteiger partial charge in [0.1, 0.15) is 0 Å². The molecular formula is C11H25N. The molecule has 0 rings (SSSR count). The average molecular weight is 171 g/mol. The lowest BCUT2D eigenvalue weighted by atomic mass is 10.1. The monoisotopic (exact) mass is 171 g/mol. The fraction of sp³-hybridized carbons (Fsp3) is 1.00. The van der Waals surface area contributed by atoms with E-state index < -0.39 is 0 Å². The lowest BCUT2D eigenvalue weighted by Gasteiger charge is -2.18. The minimum absolute atomic E-state index is 0.897. The zero-order valence-corrected chi connectivity index (χ0v) is 9.27. The Hall–Kier alpha value is -0.0400. The smallest absolute Gasteiger partial charge is 0.00193 e. The Labute approximate surface area is 78.1 Å². The number of nitrogens with zero attached hydrogens (tertiary/aromatic N) is 1. The van der Waals surface area contributed by atoms with Crippen LogP contribution in [-0.4, -0.2) is 25.0 Å². The van der Waals surface area contributed by atoms with Crippen LogP contribution in [0.4, 0.5) is 0 Å². The third-order valence-corrected chi connectivity index (χ3v) is 2.59. The molecule has 0 heterocycles. The summed E-state index contributed by atoms with van der Waals surface area (Å²) >= 11 is 0. The van der Waals surface area contributed by atoms with Crippen LogP contribution >= 0.6 is 0 Å². The van der Waals surface area contributed by atoms with E-state index in [2.05, 4.69) is 32.7 Å². The molecule has 0 aromatic carbocycles. The highest BCUT2D eigenvalue weighted by atomic mass is 15.1. The van der Waals surface area contributed by atoms with Crippen molar-refractivity contribution in [1.29, 1.82) is 0 Å². The van der Waals surface area contributed by atoms with Crippen LogP contribution in [0.25, 0.3) is 0 Å². The van der Waals surface area contributed by atoms with Crippen molar-refractivity contribution < 1.29 is 0 Å². The summed E-state index contributed by atoms with van der Waals surface area (Å²) < 4.78 is 0. The normalized spacial score (nSPS) is 13.8. The molecule has 0 fully saturated rings. The molecule has 12 heavy (non-hydrogen) atoms. The van der Waals surface area contributed by atoms with Crippen molar-refractivity contribution in [3.8, 4) is 0 Å². The molecule has 74 valence electrons. The number of hydrogen-bond acceptors (Lipinski definition) is 1. The van der Waals surface area contributed by atoms with Gasteiger partial charge in [-0.25, -0.2) is 0 Å². The van der Waals surface area contributed by atoms with Gasteiger partial charge < -0.3 is 4.90 Å². The molecule has 0 radical (unpaired) electrons. The topological polar surface area (TPSA) is 3.24 Å². The summed E-state index contributed by atoms with van der Waals surface area (Å²) in [4.78, 5) is 2.45. The van der Waals surface area contributed by atoms with Crippen molar-refractivity contribution in [1.82, 2.24) is 4.90 Å². The third kappa shape index (κ3) is 6.66. The first kappa shape index (κ1) is 12.0. The highest BCUT2D eigenvalue weighted by Gasteiger charge is 2.01. The predicted molar refractivity (Wildman–Crippen MR) is 56.5 cm³/mol. The van der Waals surface area contributed by atoms with Crippen LogP contribution in [0.3, 0.4) is 0 Å². The fourth-order valence-corrected chi connectivity index (χ4v) is 1.18. The van der Waals surface area contributed by atoms with E-state index in [0.29, 0.717) is 0 Å². The van der Waals surface area contributed by atoms with Gasteiger partial charge in [-0.1, -0.05) is 33.6 Å². The van der Waals surface area contributed by atoms with E-state index >= 15 is 0 Å². The quantitative estimate of drug-likeness (QED) is 0.569. The van der Waals surface area contributed by atoms with E-state index in [1.807, 2.05) is 0 Å². The Bertz CT molecular complexity index is 91.0. The molecule has 1 atom stereocenters. The molecule has 0 bridgehead atoms. The molecule has 0 aromatic heterocycles. The lowest BCUT2D eigenvalue weighted by Crippen LogP contribution is -2.22. The van der Waals surface area contributed by atoms with Gasteiger partial charge in [0.25, 0.3) is 0 Å². The van der Waals surface area contributed by atoms with Crippen molar-refractivity contribution in [3.63, 3.8) is 0 Å². The van der Waals surface area contributed by atoms with E-state index in [4.69, 9.17) is 0 Å². The predicted octanol–water partition coefficient (Wildman–Crippen LogP) is 3.15. The Kier molecular flexibility index (Phi) is 7.58. The maximum Gasteiger partial charge on any atom is -0.00193 e. The average Bonchev–Trinajstić information content (AvgIpc) is 2.10. The second-order valence-electron chi connectivity index (χ2n) is 3.96. The highest BCUT2D eigenvalue weighted by molar-refractivity contribution is 4.55. The molecule has 0 aromatic rings. The Morgan fingerprint density at radius 3 is 2.33 bits per heavy atom. The molecule has 0 amide bonds. The second-order valence-corrected chi connectivity index (χ2v) is 3.96. The molecule has 0 aliphatic carbocycles. The van der Waals surface area contributed by atoms with Gasteiger partial charge in [-0.2, -0.15) is 0 Å². The van der Waals surface area contributed by atoms with Crippen molar-refractivity contribution in [2.24, 2.45) is 5.92 Å². The minimum atomic E-state index is 0.897. The van der Waals surface area contributed by atoms with Crippen molar-refractivity contribution in [2.75, 3.05) is 20.1 Å². The van der Waals surface area contributed by atoms with Gasteiger partial charge in [0, 0.05) is 0 Å². The van der Waals surface area contributed by atoms with E-state index in [1.165, 1.54) is 38.8 Å². The first-order valence-corrected chi connectivity index (χ1v) is 5.39. The van der Waals surface area contributed by atoms with E-state index in [-0.39, 0.29) is 0 Å². The molecule has 0 saturated heterocycles. The van der Waals surface area contributed by atoms with Gasteiger partial charge in [0.15, 0.2) is 0 Å². The number of rotatable bonds is 7. The van der Waals surface area contributed by atoms with Crippen LogP contribution in [-0.2, 0) is 0 Å². The van der Waals surface area contributed by atoms with Crippen LogP contribution in [0.1, 0.15) is 46.5 Å². The summed E-state index contributed by atoms with van der Waals surface area (Å²) in [5.41, 5.74) is 0. The standard InChI is InChI=1S/C11H25N/c1-5-7-9-12(4)10-8-11(3)6-2/h11H,5-10H2,1-4H3. The molecule has 0 spiro atoms. The largest absolute Gasteiger partial charge is 0.306 e. The minimum Gasteiger partial charge on any atom is -0.306 e. The molecule has 1 unspecified atom stereocenters. The van der Waals surface area contributed by atoms with E-state index in [1.54, 1.807) is 0 Å². The third-order valence-electron chi connectivity index (χ3n) is 2.59. The first-order chi connectivity index (χ1) is 5.70. The summed E-state index contributed by atoms with van der Waals surface area (Å²) in [6.07, 6.45) is 5.34. The Morgan fingerprint density at radius 2 is 1.83 bits per heavy atom. The van der Waals surface area contributed by atoms with Gasteiger partial charge in [0.05, 0.1) is 0 Å². The number of unbranched alkanes of at least 4 members (excludes halogenated alkanes) is 1. The summed E-state index contributed by atoms with van der Waals surface area (Å²) in [6.45, 7) is 9.41. The van der Waals surface area contributed by atoms with Gasteiger partial charge >= 0.3 is 0 Å². The van der Waals surface area contributed by atoms with E-state index in [9.17, 15) is 0 Å². The van der Waals surface area contributed by atoms with E-state index in [0.717, 1.165) is 5.92 Å². The molecule has 0 aliphatic rings. The Balaban J connectivity index is 3.24. The second kappa shape index (κ2) is 7.60. The van der Waals surface area contributed by atoms with Crippen molar-refractivity contribution >= 4 is 0 Å². The van der Waals surface area contributed by atoms with Gasteiger partial charge in [-0.05, 0) is 38.9 Å². The SMILES string of the molecule is CCCCN(C)CCC(C)CC. The highest BCUT2D eigenvalue weighted by Crippen LogP contribution is 2.06. The van der Waals surface area contributed by atoms with Crippen LogP contribution < -0.4 is 0 Å². The van der Waals surface area contributed by atoms with Gasteiger partial charge in [-0.15, -0.1) is 0 Å². The zero-order valence-electron chi connectivity index (χ0n) is 9.27. The first-order valence-electron chi connectivity index (χ1n) is 5.39. The van der Waals surface area contributed by atoms with Crippen LogP contribution in [0.15, 0.2) is 0 Å². The van der Waals surface area contributed by atoms with Crippen molar-refractivity contribution in [3.05, 3.63) is 0 Å². The molecule has 0 N–H and O–H groups in total. The van der Waals surface area contributed by atoms with Gasteiger partial charge in [-0.3, -0.25) is 0 Å². The number of hydrogen-bond donors (Lipinski definition) is 0. The summed E-state index contributed by atoms with van der Waals surface area (Å²) in [7, 11) is 2.23. The maximum atomic E-state index is 2.45. The van der Waals surface area contributed by atoms with Crippen LogP contribution in [0.5, 0.6) is 0 Å². The molecule has 1 heteroatoms. The van der Waals surface area contributed by atoms with Gasteiger partial charge in [0.2, 0.25) is 0 Å². The van der Waals surface area contributed by atoms with Crippen molar-refractivity contribution in [2.45, 2.75) is 46.5 Å². The fourth-order valence-electron chi connectivity index (χ4n) is 1.18. The summed E-state index contributed by atoms with van der Waals surface area (Å²) in [5.74, 6) is 0.897.